The second-order valence-corrected chi connectivity index (χ2v) is 8.36. The first kappa shape index (κ1) is 24.4. The van der Waals surface area contributed by atoms with Gasteiger partial charge in [-0.3, -0.25) is 9.78 Å². The van der Waals surface area contributed by atoms with Gasteiger partial charge < -0.3 is 19.4 Å². The molecule has 0 bridgehead atoms. The number of aromatic amines is 1. The van der Waals surface area contributed by atoms with Crippen molar-refractivity contribution >= 4 is 33.7 Å². The molecule has 0 aliphatic carbocycles. The van der Waals surface area contributed by atoms with E-state index in [-0.39, 0.29) is 17.6 Å². The number of hydrogen-bond donors (Lipinski definition) is 1. The molecule has 37 heavy (non-hydrogen) atoms. The van der Waals surface area contributed by atoms with E-state index in [1.165, 1.54) is 30.7 Å². The number of likely N-dealkylation sites (tertiary alicyclic amines) is 1. The van der Waals surface area contributed by atoms with Crippen LogP contribution in [0.15, 0.2) is 55.0 Å². The van der Waals surface area contributed by atoms with E-state index in [4.69, 9.17) is 4.74 Å². The molecule has 1 aromatic carbocycles. The summed E-state index contributed by atoms with van der Waals surface area (Å²) < 4.78 is 78.1. The Morgan fingerprint density at radius 3 is 2.73 bits per heavy atom. The van der Waals surface area contributed by atoms with E-state index in [1.54, 1.807) is 18.2 Å². The summed E-state index contributed by atoms with van der Waals surface area (Å²) in [6.45, 7) is -0.889. The predicted octanol–water partition coefficient (Wildman–Crippen LogP) is 4.51. The Bertz CT molecular complexity index is 1500. The zero-order valence-corrected chi connectivity index (χ0v) is 18.8. The van der Waals surface area contributed by atoms with E-state index in [9.17, 15) is 31.5 Å². The Balaban J connectivity index is 1.46. The number of halogens is 5. The third-order valence-electron chi connectivity index (χ3n) is 5.92. The molecule has 4 aromatic rings. The normalized spacial score (nSPS) is 17.6. The molecule has 1 aliphatic rings. The van der Waals surface area contributed by atoms with Gasteiger partial charge in [-0.25, -0.2) is 18.6 Å². The maximum atomic E-state index is 14.9. The summed E-state index contributed by atoms with van der Waals surface area (Å²) in [7, 11) is 0. The van der Waals surface area contributed by atoms with E-state index in [2.05, 4.69) is 19.7 Å². The molecule has 1 atom stereocenters. The van der Waals surface area contributed by atoms with Crippen molar-refractivity contribution in [1.82, 2.24) is 19.9 Å². The van der Waals surface area contributed by atoms with E-state index in [0.717, 1.165) is 11.0 Å². The van der Waals surface area contributed by atoms with Crippen molar-refractivity contribution < 1.29 is 41.0 Å². The molecule has 5 rings (SSSR count). The van der Waals surface area contributed by atoms with Crippen LogP contribution in [0.3, 0.4) is 0 Å². The van der Waals surface area contributed by atoms with Crippen LogP contribution < -0.4 is 9.47 Å². The van der Waals surface area contributed by atoms with Crippen molar-refractivity contribution in [2.24, 2.45) is 0 Å². The van der Waals surface area contributed by atoms with Gasteiger partial charge in [-0.15, -0.1) is 0 Å². The van der Waals surface area contributed by atoms with Crippen molar-refractivity contribution in [3.05, 3.63) is 60.6 Å². The zero-order valence-electron chi connectivity index (χ0n) is 18.8. The van der Waals surface area contributed by atoms with Crippen LogP contribution in [0.1, 0.15) is 16.8 Å². The zero-order chi connectivity index (χ0) is 26.4. The Labute approximate surface area is 205 Å². The number of pyridine rings is 2. The van der Waals surface area contributed by atoms with Gasteiger partial charge in [0.25, 0.3) is 17.7 Å². The van der Waals surface area contributed by atoms with Crippen LogP contribution in [-0.4, -0.2) is 63.0 Å². The number of aromatic nitrogens is 3. The number of carbonyl (C=O) groups excluding carboxylic acids is 2. The molecule has 1 aliphatic heterocycles. The monoisotopic (exact) mass is 520 g/mol. The van der Waals surface area contributed by atoms with Gasteiger partial charge in [0.2, 0.25) is 0 Å². The number of para-hydroxylation sites is 1. The van der Waals surface area contributed by atoms with Crippen LogP contribution in [0.5, 0.6) is 11.6 Å². The van der Waals surface area contributed by atoms with Gasteiger partial charge in [-0.2, -0.15) is 13.2 Å². The first-order valence-electron chi connectivity index (χ1n) is 11.0. The highest BCUT2D eigenvalue weighted by molar-refractivity contribution is 6.06. The molecule has 0 spiro atoms. The van der Waals surface area contributed by atoms with E-state index in [0.29, 0.717) is 16.3 Å². The molecule has 192 valence electrons. The fraction of sp³-hybridized carbons (Fsp3) is 0.250. The van der Waals surface area contributed by atoms with Crippen molar-refractivity contribution in [3.8, 4) is 11.6 Å². The number of piperidine rings is 1. The lowest BCUT2D eigenvalue weighted by Crippen LogP contribution is -2.55. The standard InChI is InChI=1S/C24H17F5N4O4/c25-23(26)6-8-33(21(34)15-11-31-17-5-7-30-10-14(15)17)12-19(23)37-20-18(36-22(35)24(27,28)29)9-13-3-1-2-4-16(13)32-20/h1-5,7,9-11,19,31H,6,8,12H2/t19-/m0/s1. The number of H-pyrrole nitrogens is 1. The van der Waals surface area contributed by atoms with Crippen LogP contribution in [-0.2, 0) is 4.79 Å². The lowest BCUT2D eigenvalue weighted by Gasteiger charge is -2.38. The minimum Gasteiger partial charge on any atom is -0.463 e. The fourth-order valence-corrected chi connectivity index (χ4v) is 4.02. The number of rotatable bonds is 4. The third-order valence-corrected chi connectivity index (χ3v) is 5.92. The minimum atomic E-state index is -5.34. The topological polar surface area (TPSA) is 97.4 Å². The van der Waals surface area contributed by atoms with Gasteiger partial charge in [-0.05, 0) is 18.2 Å². The molecule has 1 fully saturated rings. The highest BCUT2D eigenvalue weighted by Gasteiger charge is 2.48. The largest absolute Gasteiger partial charge is 0.491 e. The molecule has 0 unspecified atom stereocenters. The molecule has 13 heteroatoms. The number of benzene rings is 1. The number of fused-ring (bicyclic) bond motifs is 2. The van der Waals surface area contributed by atoms with Crippen molar-refractivity contribution in [1.29, 1.82) is 0 Å². The molecule has 3 aromatic heterocycles. The summed E-state index contributed by atoms with van der Waals surface area (Å²) in [5.74, 6) is -8.08. The Morgan fingerprint density at radius 2 is 1.95 bits per heavy atom. The Hall–Kier alpha value is -4.29. The first-order chi connectivity index (χ1) is 17.5. The number of ether oxygens (including phenoxy) is 2. The number of nitrogens with one attached hydrogen (secondary N) is 1. The van der Waals surface area contributed by atoms with E-state index < -0.39 is 54.7 Å². The average Bonchev–Trinajstić information content (AvgIpc) is 3.28. The molecular formula is C24H17F5N4O4. The summed E-state index contributed by atoms with van der Waals surface area (Å²) in [6.07, 6.45) is -3.66. The second kappa shape index (κ2) is 8.98. The maximum absolute atomic E-state index is 14.9. The number of carbonyl (C=O) groups is 2. The van der Waals surface area contributed by atoms with Gasteiger partial charge in [-0.1, -0.05) is 18.2 Å². The number of esters is 1. The number of hydrogen-bond acceptors (Lipinski definition) is 6. The molecular weight excluding hydrogens is 503 g/mol. The van der Waals surface area contributed by atoms with Crippen LogP contribution in [0.2, 0.25) is 0 Å². The number of nitrogens with zero attached hydrogens (tertiary/aromatic N) is 3. The van der Waals surface area contributed by atoms with Crippen molar-refractivity contribution in [3.63, 3.8) is 0 Å². The molecule has 1 amide bonds. The molecule has 1 N–H and O–H groups in total. The Morgan fingerprint density at radius 1 is 1.16 bits per heavy atom. The van der Waals surface area contributed by atoms with Crippen LogP contribution >= 0.6 is 0 Å². The minimum absolute atomic E-state index is 0.211. The predicted molar refractivity (Wildman–Crippen MR) is 119 cm³/mol. The first-order valence-corrected chi connectivity index (χ1v) is 11.0. The Kier molecular flexibility index (Phi) is 5.92. The smallest absolute Gasteiger partial charge is 0.463 e. The molecule has 0 saturated carbocycles. The summed E-state index contributed by atoms with van der Waals surface area (Å²) in [5, 5.41) is 0.792. The van der Waals surface area contributed by atoms with Gasteiger partial charge in [0.05, 0.1) is 17.6 Å². The molecule has 0 radical (unpaired) electrons. The van der Waals surface area contributed by atoms with Gasteiger partial charge in [0.15, 0.2) is 11.9 Å². The van der Waals surface area contributed by atoms with Crippen LogP contribution in [0, 0.1) is 0 Å². The van der Waals surface area contributed by atoms with Crippen LogP contribution in [0.25, 0.3) is 21.8 Å². The lowest BCUT2D eigenvalue weighted by molar-refractivity contribution is -0.190. The molecule has 1 saturated heterocycles. The van der Waals surface area contributed by atoms with Crippen LogP contribution in [0.4, 0.5) is 22.0 Å². The van der Waals surface area contributed by atoms with Crippen molar-refractivity contribution in [2.45, 2.75) is 24.6 Å². The fourth-order valence-electron chi connectivity index (χ4n) is 4.02. The average molecular weight is 520 g/mol. The summed E-state index contributed by atoms with van der Waals surface area (Å²) >= 11 is 0. The van der Waals surface area contributed by atoms with Gasteiger partial charge in [0, 0.05) is 47.8 Å². The summed E-state index contributed by atoms with van der Waals surface area (Å²) in [6, 6.07) is 8.81. The summed E-state index contributed by atoms with van der Waals surface area (Å²) in [5.41, 5.74) is 1.06. The molecule has 8 nitrogen and oxygen atoms in total. The van der Waals surface area contributed by atoms with E-state index in [1.807, 2.05) is 0 Å². The van der Waals surface area contributed by atoms with Gasteiger partial charge >= 0.3 is 12.1 Å². The quantitative estimate of drug-likeness (QED) is 0.314. The number of amides is 1. The molecule has 4 heterocycles. The summed E-state index contributed by atoms with van der Waals surface area (Å²) in [4.78, 5) is 36.7. The number of alkyl halides is 5. The highest BCUT2D eigenvalue weighted by Crippen LogP contribution is 2.37. The second-order valence-electron chi connectivity index (χ2n) is 8.36. The van der Waals surface area contributed by atoms with E-state index >= 15 is 0 Å². The SMILES string of the molecule is O=C(c1c[nH]c2ccncc12)N1CCC(F)(F)[C@@H](Oc2nc3ccccc3cc2OC(=O)C(F)(F)F)C1. The van der Waals surface area contributed by atoms with Gasteiger partial charge in [0.1, 0.15) is 0 Å². The highest BCUT2D eigenvalue weighted by atomic mass is 19.4. The lowest BCUT2D eigenvalue weighted by atomic mass is 10.0. The van der Waals surface area contributed by atoms with Crippen molar-refractivity contribution in [2.75, 3.05) is 13.1 Å². The third kappa shape index (κ3) is 4.76. The maximum Gasteiger partial charge on any atom is 0.491 e.